The molecule has 0 saturated heterocycles. The third-order valence-corrected chi connectivity index (χ3v) is 3.12. The Morgan fingerprint density at radius 1 is 1.38 bits per heavy atom. The number of hydrogen-bond donors (Lipinski definition) is 2. The van der Waals surface area contributed by atoms with Crippen molar-refractivity contribution in [2.75, 3.05) is 20.5 Å². The van der Waals surface area contributed by atoms with Crippen molar-refractivity contribution in [3.05, 3.63) is 18.3 Å². The van der Waals surface area contributed by atoms with Crippen LogP contribution in [0.2, 0.25) is 0 Å². The normalized spacial score (nSPS) is 14.2. The highest BCUT2D eigenvalue weighted by Crippen LogP contribution is 2.41. The molecule has 0 aliphatic carbocycles. The van der Waals surface area contributed by atoms with Crippen LogP contribution in [0.25, 0.3) is 11.3 Å². The standard InChI is InChI=1S/C13H15N3O5/c1-19-11-3-13-12(20-7-21-13)2-9(11)10-5-16(15-14-10)4-8(18)6-17/h2-3,5,8,17-18H,4,6-7H2,1H3. The summed E-state index contributed by atoms with van der Waals surface area (Å²) in [5, 5.41) is 26.2. The van der Waals surface area contributed by atoms with Gasteiger partial charge in [0.2, 0.25) is 6.79 Å². The smallest absolute Gasteiger partial charge is 0.231 e. The maximum absolute atomic E-state index is 9.42. The lowest BCUT2D eigenvalue weighted by Gasteiger charge is -2.07. The molecule has 3 rings (SSSR count). The van der Waals surface area contributed by atoms with E-state index < -0.39 is 6.10 Å². The number of benzene rings is 1. The molecule has 0 saturated carbocycles. The Hall–Kier alpha value is -2.32. The number of aliphatic hydroxyl groups is 2. The first-order valence-electron chi connectivity index (χ1n) is 6.38. The zero-order valence-electron chi connectivity index (χ0n) is 11.4. The molecule has 1 aromatic heterocycles. The zero-order valence-corrected chi connectivity index (χ0v) is 11.4. The molecule has 2 heterocycles. The zero-order chi connectivity index (χ0) is 14.8. The fourth-order valence-electron chi connectivity index (χ4n) is 2.08. The van der Waals surface area contributed by atoms with Gasteiger partial charge in [0, 0.05) is 11.6 Å². The van der Waals surface area contributed by atoms with Crippen molar-refractivity contribution < 1.29 is 24.4 Å². The molecule has 0 radical (unpaired) electrons. The molecule has 0 spiro atoms. The Morgan fingerprint density at radius 3 is 2.86 bits per heavy atom. The van der Waals surface area contributed by atoms with Crippen LogP contribution in [0, 0.1) is 0 Å². The highest BCUT2D eigenvalue weighted by atomic mass is 16.7. The molecule has 0 bridgehead atoms. The molecule has 112 valence electrons. The molecule has 1 aromatic carbocycles. The second kappa shape index (κ2) is 5.58. The second-order valence-corrected chi connectivity index (χ2v) is 4.57. The minimum absolute atomic E-state index is 0.163. The third kappa shape index (κ3) is 2.63. The van der Waals surface area contributed by atoms with Crippen LogP contribution < -0.4 is 14.2 Å². The van der Waals surface area contributed by atoms with E-state index in [-0.39, 0.29) is 19.9 Å². The number of aliphatic hydroxyl groups excluding tert-OH is 2. The predicted molar refractivity (Wildman–Crippen MR) is 71.2 cm³/mol. The first-order valence-corrected chi connectivity index (χ1v) is 6.38. The maximum Gasteiger partial charge on any atom is 0.231 e. The lowest BCUT2D eigenvalue weighted by molar-refractivity contribution is 0.0778. The van der Waals surface area contributed by atoms with Gasteiger partial charge in [-0.25, -0.2) is 4.68 Å². The van der Waals surface area contributed by atoms with E-state index in [2.05, 4.69) is 10.3 Å². The lowest BCUT2D eigenvalue weighted by Crippen LogP contribution is -2.20. The molecule has 1 aliphatic heterocycles. The molecule has 2 aromatic rings. The molecule has 8 heteroatoms. The summed E-state index contributed by atoms with van der Waals surface area (Å²) in [7, 11) is 1.56. The van der Waals surface area contributed by atoms with Gasteiger partial charge in [-0.3, -0.25) is 0 Å². The van der Waals surface area contributed by atoms with Crippen molar-refractivity contribution in [1.29, 1.82) is 0 Å². The number of rotatable bonds is 5. The number of aromatic nitrogens is 3. The third-order valence-electron chi connectivity index (χ3n) is 3.12. The van der Waals surface area contributed by atoms with Gasteiger partial charge < -0.3 is 24.4 Å². The number of methoxy groups -OCH3 is 1. The van der Waals surface area contributed by atoms with Crippen molar-refractivity contribution >= 4 is 0 Å². The lowest BCUT2D eigenvalue weighted by atomic mass is 10.1. The van der Waals surface area contributed by atoms with E-state index in [0.717, 1.165) is 0 Å². The van der Waals surface area contributed by atoms with E-state index in [1.54, 1.807) is 25.4 Å². The van der Waals surface area contributed by atoms with Gasteiger partial charge in [0.15, 0.2) is 11.5 Å². The largest absolute Gasteiger partial charge is 0.496 e. The van der Waals surface area contributed by atoms with Crippen LogP contribution >= 0.6 is 0 Å². The molecule has 21 heavy (non-hydrogen) atoms. The quantitative estimate of drug-likeness (QED) is 0.802. The molecular formula is C13H15N3O5. The highest BCUT2D eigenvalue weighted by molar-refractivity contribution is 5.71. The number of fused-ring (bicyclic) bond motifs is 1. The van der Waals surface area contributed by atoms with Crippen LogP contribution in [0.3, 0.4) is 0 Å². The summed E-state index contributed by atoms with van der Waals surface area (Å²) >= 11 is 0. The van der Waals surface area contributed by atoms with Gasteiger partial charge in [0.25, 0.3) is 0 Å². The van der Waals surface area contributed by atoms with Crippen molar-refractivity contribution in [3.8, 4) is 28.5 Å². The van der Waals surface area contributed by atoms with E-state index in [9.17, 15) is 5.11 Å². The molecular weight excluding hydrogens is 278 g/mol. The summed E-state index contributed by atoms with van der Waals surface area (Å²) in [6.45, 7) is 0.0101. The van der Waals surface area contributed by atoms with E-state index in [0.29, 0.717) is 28.5 Å². The van der Waals surface area contributed by atoms with Crippen LogP contribution in [0.4, 0.5) is 0 Å². The van der Waals surface area contributed by atoms with Gasteiger partial charge in [-0.15, -0.1) is 5.10 Å². The average Bonchev–Trinajstić information content (AvgIpc) is 3.13. The van der Waals surface area contributed by atoms with Crippen LogP contribution in [0.15, 0.2) is 18.3 Å². The Morgan fingerprint density at radius 2 is 2.14 bits per heavy atom. The van der Waals surface area contributed by atoms with Gasteiger partial charge in [0.1, 0.15) is 11.4 Å². The molecule has 8 nitrogen and oxygen atoms in total. The molecule has 1 aliphatic rings. The molecule has 1 unspecified atom stereocenters. The van der Waals surface area contributed by atoms with Crippen molar-refractivity contribution in [2.24, 2.45) is 0 Å². The Bertz CT molecular complexity index is 643. The second-order valence-electron chi connectivity index (χ2n) is 4.57. The van der Waals surface area contributed by atoms with Crippen molar-refractivity contribution in [3.63, 3.8) is 0 Å². The maximum atomic E-state index is 9.42. The van der Waals surface area contributed by atoms with Gasteiger partial charge in [-0.1, -0.05) is 5.21 Å². The average molecular weight is 293 g/mol. The molecule has 1 atom stereocenters. The van der Waals surface area contributed by atoms with E-state index in [1.165, 1.54) is 4.68 Å². The van der Waals surface area contributed by atoms with Gasteiger partial charge in [-0.05, 0) is 6.07 Å². The summed E-state index contributed by atoms with van der Waals surface area (Å²) in [5.74, 6) is 1.84. The van der Waals surface area contributed by atoms with Gasteiger partial charge in [0.05, 0.1) is 32.6 Å². The SMILES string of the molecule is COc1cc2c(cc1-c1cn(CC(O)CO)nn1)OCO2. The Labute approximate surface area is 120 Å². The number of nitrogens with zero attached hydrogens (tertiary/aromatic N) is 3. The molecule has 0 amide bonds. The Kier molecular flexibility index (Phi) is 3.63. The minimum Gasteiger partial charge on any atom is -0.496 e. The fraction of sp³-hybridized carbons (Fsp3) is 0.385. The predicted octanol–water partition coefficient (Wildman–Crippen LogP) is 0.0356. The molecule has 2 N–H and O–H groups in total. The van der Waals surface area contributed by atoms with Gasteiger partial charge >= 0.3 is 0 Å². The molecule has 0 fully saturated rings. The van der Waals surface area contributed by atoms with Crippen molar-refractivity contribution in [2.45, 2.75) is 12.6 Å². The van der Waals surface area contributed by atoms with Gasteiger partial charge in [-0.2, -0.15) is 0 Å². The van der Waals surface area contributed by atoms with Crippen LogP contribution in [-0.4, -0.2) is 51.8 Å². The number of hydrogen-bond acceptors (Lipinski definition) is 7. The first-order chi connectivity index (χ1) is 10.2. The summed E-state index contributed by atoms with van der Waals surface area (Å²) in [6, 6.07) is 3.51. The topological polar surface area (TPSA) is 98.9 Å². The summed E-state index contributed by atoms with van der Waals surface area (Å²) in [6.07, 6.45) is 0.789. The van der Waals surface area contributed by atoms with Crippen LogP contribution in [0.5, 0.6) is 17.2 Å². The summed E-state index contributed by atoms with van der Waals surface area (Å²) < 4.78 is 17.4. The first kappa shape index (κ1) is 13.7. The van der Waals surface area contributed by atoms with Crippen molar-refractivity contribution in [1.82, 2.24) is 15.0 Å². The number of ether oxygens (including phenoxy) is 3. The van der Waals surface area contributed by atoms with E-state index in [4.69, 9.17) is 19.3 Å². The van der Waals surface area contributed by atoms with E-state index >= 15 is 0 Å². The van der Waals surface area contributed by atoms with Crippen LogP contribution in [0.1, 0.15) is 0 Å². The van der Waals surface area contributed by atoms with E-state index in [1.807, 2.05) is 0 Å². The highest BCUT2D eigenvalue weighted by Gasteiger charge is 2.20. The minimum atomic E-state index is -0.877. The Balaban J connectivity index is 1.93. The van der Waals surface area contributed by atoms with Crippen LogP contribution in [-0.2, 0) is 6.54 Å². The monoisotopic (exact) mass is 293 g/mol. The summed E-state index contributed by atoms with van der Waals surface area (Å²) in [4.78, 5) is 0. The summed E-state index contributed by atoms with van der Waals surface area (Å²) in [5.41, 5.74) is 1.29. The fourth-order valence-corrected chi connectivity index (χ4v) is 2.08.